The van der Waals surface area contributed by atoms with E-state index < -0.39 is 17.7 Å². The molecule has 0 unspecified atom stereocenters. The van der Waals surface area contributed by atoms with Gasteiger partial charge in [0.25, 0.3) is 0 Å². The third-order valence-corrected chi connectivity index (χ3v) is 4.51. The number of hydrogen-bond donors (Lipinski definition) is 3. The molecule has 1 aromatic heterocycles. The monoisotopic (exact) mass is 338 g/mol. The number of halogens is 2. The molecule has 1 aromatic carbocycles. The maximum atomic E-state index is 14.2. The molecule has 0 aliphatic carbocycles. The van der Waals surface area contributed by atoms with Gasteiger partial charge in [0.2, 0.25) is 5.89 Å². The number of anilines is 1. The third-order valence-electron chi connectivity index (χ3n) is 4.51. The van der Waals surface area contributed by atoms with Gasteiger partial charge in [-0.3, -0.25) is 0 Å². The number of aromatic nitrogens is 2. The van der Waals surface area contributed by atoms with Gasteiger partial charge >= 0.3 is 5.76 Å². The second-order valence-electron chi connectivity index (χ2n) is 6.15. The van der Waals surface area contributed by atoms with Gasteiger partial charge in [-0.25, -0.2) is 18.7 Å². The summed E-state index contributed by atoms with van der Waals surface area (Å²) >= 11 is 0. The molecule has 3 atom stereocenters. The van der Waals surface area contributed by atoms with Crippen molar-refractivity contribution in [3.8, 4) is 11.5 Å². The maximum absolute atomic E-state index is 14.2. The maximum Gasteiger partial charge on any atom is 0.434 e. The average Bonchev–Trinajstić information content (AvgIpc) is 2.98. The van der Waals surface area contributed by atoms with Gasteiger partial charge in [-0.2, -0.15) is 0 Å². The first kappa shape index (κ1) is 16.6. The van der Waals surface area contributed by atoms with Crippen LogP contribution in [0, 0.1) is 18.7 Å². The van der Waals surface area contributed by atoms with Crippen LogP contribution in [-0.2, 0) is 0 Å². The molecule has 0 spiro atoms. The summed E-state index contributed by atoms with van der Waals surface area (Å²) in [4.78, 5) is 11.1. The Labute approximate surface area is 137 Å². The van der Waals surface area contributed by atoms with Gasteiger partial charge in [0.15, 0.2) is 0 Å². The zero-order valence-corrected chi connectivity index (χ0v) is 13.5. The van der Waals surface area contributed by atoms with Crippen molar-refractivity contribution in [2.24, 2.45) is 5.92 Å². The highest BCUT2D eigenvalue weighted by molar-refractivity contribution is 5.65. The summed E-state index contributed by atoms with van der Waals surface area (Å²) in [6.45, 7) is 4.64. The smallest absolute Gasteiger partial charge is 0.388 e. The van der Waals surface area contributed by atoms with Gasteiger partial charge in [0.05, 0.1) is 0 Å². The van der Waals surface area contributed by atoms with E-state index in [-0.39, 0.29) is 17.9 Å². The molecule has 3 N–H and O–H groups in total. The summed E-state index contributed by atoms with van der Waals surface area (Å²) in [5.74, 6) is -1.29. The highest BCUT2D eigenvalue weighted by atomic mass is 19.1. The first-order valence-electron chi connectivity index (χ1n) is 7.93. The molecule has 1 aliphatic rings. The predicted octanol–water partition coefficient (Wildman–Crippen LogP) is 2.23. The van der Waals surface area contributed by atoms with Crippen molar-refractivity contribution in [3.05, 3.63) is 34.1 Å². The average molecular weight is 338 g/mol. The number of benzene rings is 1. The van der Waals surface area contributed by atoms with Gasteiger partial charge in [-0.15, -0.1) is 5.10 Å². The molecule has 1 fully saturated rings. The Morgan fingerprint density at radius 1 is 1.46 bits per heavy atom. The summed E-state index contributed by atoms with van der Waals surface area (Å²) in [5, 5.41) is 12.1. The van der Waals surface area contributed by atoms with Crippen molar-refractivity contribution in [1.82, 2.24) is 15.5 Å². The Hall–Kier alpha value is -2.22. The van der Waals surface area contributed by atoms with Gasteiger partial charge in [0.1, 0.15) is 12.0 Å². The minimum absolute atomic E-state index is 0.0137. The van der Waals surface area contributed by atoms with E-state index in [0.29, 0.717) is 29.8 Å². The lowest BCUT2D eigenvalue weighted by Gasteiger charge is -2.32. The van der Waals surface area contributed by atoms with Crippen LogP contribution in [0.2, 0.25) is 0 Å². The second kappa shape index (κ2) is 6.72. The molecule has 2 aromatic rings. The van der Waals surface area contributed by atoms with Gasteiger partial charge in [-0.1, -0.05) is 0 Å². The molecule has 0 bridgehead atoms. The first-order valence-corrected chi connectivity index (χ1v) is 7.93. The van der Waals surface area contributed by atoms with Crippen molar-refractivity contribution in [2.75, 3.05) is 18.4 Å². The molecular formula is C16H20F2N4O2. The highest BCUT2D eigenvalue weighted by Crippen LogP contribution is 2.29. The van der Waals surface area contributed by atoms with Crippen molar-refractivity contribution in [1.29, 1.82) is 0 Å². The van der Waals surface area contributed by atoms with E-state index in [1.165, 1.54) is 6.07 Å². The molecule has 0 saturated carbocycles. The number of hydrogen-bond acceptors (Lipinski definition) is 5. The predicted molar refractivity (Wildman–Crippen MR) is 86.2 cm³/mol. The lowest BCUT2D eigenvalue weighted by atomic mass is 9.89. The third kappa shape index (κ3) is 3.33. The second-order valence-corrected chi connectivity index (χ2v) is 6.15. The fourth-order valence-corrected chi connectivity index (χ4v) is 3.06. The molecule has 1 aliphatic heterocycles. The van der Waals surface area contributed by atoms with Crippen molar-refractivity contribution >= 4 is 5.69 Å². The lowest BCUT2D eigenvalue weighted by Crippen LogP contribution is -2.44. The molecule has 6 nitrogen and oxygen atoms in total. The first-order chi connectivity index (χ1) is 11.5. The Balaban J connectivity index is 1.86. The quantitative estimate of drug-likeness (QED) is 0.796. The summed E-state index contributed by atoms with van der Waals surface area (Å²) in [6, 6.07) is 2.75. The summed E-state index contributed by atoms with van der Waals surface area (Å²) in [6.07, 6.45) is -0.232. The van der Waals surface area contributed by atoms with Crippen LogP contribution in [0.15, 0.2) is 21.3 Å². The van der Waals surface area contributed by atoms with E-state index >= 15 is 0 Å². The van der Waals surface area contributed by atoms with Crippen LogP contribution >= 0.6 is 0 Å². The van der Waals surface area contributed by atoms with E-state index in [1.54, 1.807) is 13.0 Å². The molecule has 8 heteroatoms. The van der Waals surface area contributed by atoms with Gasteiger partial charge in [-0.05, 0) is 38.9 Å². The topological polar surface area (TPSA) is 83.0 Å². The van der Waals surface area contributed by atoms with E-state index in [2.05, 4.69) is 20.8 Å². The van der Waals surface area contributed by atoms with Crippen LogP contribution in [-0.4, -0.2) is 35.5 Å². The minimum Gasteiger partial charge on any atom is -0.388 e. The van der Waals surface area contributed by atoms with E-state index in [1.807, 2.05) is 6.92 Å². The van der Waals surface area contributed by atoms with Crippen LogP contribution in [0.4, 0.5) is 14.5 Å². The zero-order chi connectivity index (χ0) is 17.3. The molecule has 24 heavy (non-hydrogen) atoms. The summed E-state index contributed by atoms with van der Waals surface area (Å²) in [7, 11) is 0. The number of nitrogens with zero attached hydrogens (tertiary/aromatic N) is 1. The van der Waals surface area contributed by atoms with Gasteiger partial charge < -0.3 is 15.1 Å². The number of nitrogens with one attached hydrogen (secondary N) is 3. The Morgan fingerprint density at radius 3 is 2.92 bits per heavy atom. The minimum atomic E-state index is -0.945. The lowest BCUT2D eigenvalue weighted by molar-refractivity contribution is 0.166. The summed E-state index contributed by atoms with van der Waals surface area (Å²) < 4.78 is 33.2. The van der Waals surface area contributed by atoms with E-state index in [4.69, 9.17) is 4.42 Å². The molecule has 130 valence electrons. The normalized spacial score (nSPS) is 22.3. The highest BCUT2D eigenvalue weighted by Gasteiger charge is 2.29. The van der Waals surface area contributed by atoms with Crippen LogP contribution in [0.25, 0.3) is 11.5 Å². The Bertz CT molecular complexity index is 774. The number of alkyl halides is 1. The summed E-state index contributed by atoms with van der Waals surface area (Å²) in [5.41, 5.74) is 1.30. The molecule has 0 radical (unpaired) electrons. The fourth-order valence-electron chi connectivity index (χ4n) is 3.06. The molecule has 1 saturated heterocycles. The van der Waals surface area contributed by atoms with Crippen molar-refractivity contribution in [2.45, 2.75) is 32.5 Å². The number of piperidine rings is 1. The van der Waals surface area contributed by atoms with E-state index in [9.17, 15) is 13.6 Å². The largest absolute Gasteiger partial charge is 0.434 e. The SMILES string of the molecule is Cc1c(F)cc(-c2n[nH]c(=O)o2)cc1N[C@@H](C)[C@H]1CCNC[C@H]1F. The number of H-pyrrole nitrogens is 1. The molecule has 0 amide bonds. The fraction of sp³-hybridized carbons (Fsp3) is 0.500. The number of rotatable bonds is 4. The number of aromatic amines is 1. The van der Waals surface area contributed by atoms with Crippen molar-refractivity contribution < 1.29 is 13.2 Å². The van der Waals surface area contributed by atoms with Crippen LogP contribution in [0.5, 0.6) is 0 Å². The van der Waals surface area contributed by atoms with Crippen LogP contribution in [0.1, 0.15) is 18.9 Å². The molecule has 3 rings (SSSR count). The van der Waals surface area contributed by atoms with Crippen LogP contribution in [0.3, 0.4) is 0 Å². The Kier molecular flexibility index (Phi) is 4.66. The molecule has 2 heterocycles. The standard InChI is InChI=1S/C16H20F2N4O2/c1-8-12(17)5-10(15-21-22-16(23)24-15)6-14(8)20-9(2)11-3-4-19-7-13(11)18/h5-6,9,11,13,19-20H,3-4,7H2,1-2H3,(H,22,23)/t9-,11+,13+/m0/s1. The van der Waals surface area contributed by atoms with E-state index in [0.717, 1.165) is 6.54 Å². The van der Waals surface area contributed by atoms with Crippen molar-refractivity contribution in [3.63, 3.8) is 0 Å². The van der Waals surface area contributed by atoms with Gasteiger partial charge in [0, 0.05) is 35.3 Å². The zero-order valence-electron chi connectivity index (χ0n) is 13.5. The van der Waals surface area contributed by atoms with Crippen LogP contribution < -0.4 is 16.4 Å². The Morgan fingerprint density at radius 2 is 2.25 bits per heavy atom. The molecular weight excluding hydrogens is 318 g/mol.